The van der Waals surface area contributed by atoms with Crippen LogP contribution in [0.3, 0.4) is 0 Å². The number of hydrogen-bond acceptors (Lipinski definition) is 5. The van der Waals surface area contributed by atoms with Crippen molar-refractivity contribution in [2.45, 2.75) is 19.4 Å². The molecule has 0 unspecified atom stereocenters. The Morgan fingerprint density at radius 1 is 1.00 bits per heavy atom. The number of likely N-dealkylation sites (N-methyl/N-ethyl adjacent to an activating group) is 1. The van der Waals surface area contributed by atoms with Gasteiger partial charge in [-0.2, -0.15) is 0 Å². The summed E-state index contributed by atoms with van der Waals surface area (Å²) in [6, 6.07) is 16.1. The molecule has 0 bridgehead atoms. The molecule has 35 heavy (non-hydrogen) atoms. The minimum absolute atomic E-state index is 0.0868. The van der Waals surface area contributed by atoms with Crippen LogP contribution in [0, 0.1) is 0 Å². The van der Waals surface area contributed by atoms with E-state index in [4.69, 9.17) is 23.2 Å². The van der Waals surface area contributed by atoms with E-state index in [1.165, 1.54) is 6.20 Å². The topological polar surface area (TPSA) is 77.6 Å². The van der Waals surface area contributed by atoms with Crippen LogP contribution in [0.1, 0.15) is 28.8 Å². The highest BCUT2D eigenvalue weighted by atomic mass is 35.5. The van der Waals surface area contributed by atoms with Crippen LogP contribution >= 0.6 is 23.2 Å². The molecule has 1 aliphatic rings. The van der Waals surface area contributed by atoms with E-state index in [-0.39, 0.29) is 11.8 Å². The number of benzene rings is 2. The number of hydrogen-bond donors (Lipinski definition) is 2. The number of aromatic nitrogens is 1. The Morgan fingerprint density at radius 3 is 2.43 bits per heavy atom. The van der Waals surface area contributed by atoms with E-state index in [0.29, 0.717) is 40.2 Å². The highest BCUT2D eigenvalue weighted by molar-refractivity contribution is 6.31. The van der Waals surface area contributed by atoms with Gasteiger partial charge in [0.1, 0.15) is 5.82 Å². The fraction of sp³-hybridized carbons (Fsp3) is 0.269. The third-order valence-electron chi connectivity index (χ3n) is 5.93. The predicted octanol–water partition coefficient (Wildman–Crippen LogP) is 5.31. The van der Waals surface area contributed by atoms with Crippen LogP contribution in [0.25, 0.3) is 0 Å². The minimum atomic E-state index is -0.349. The SMILES string of the molecule is CN(C(=O)CN1CCCC1)c1ccc(CNc2ccc(Cl)cc2C(=O)Nc2cc(Cl)ccn2)cc1. The Morgan fingerprint density at radius 2 is 1.71 bits per heavy atom. The van der Waals surface area contributed by atoms with Crippen molar-refractivity contribution in [3.63, 3.8) is 0 Å². The molecule has 0 aliphatic carbocycles. The van der Waals surface area contributed by atoms with E-state index < -0.39 is 0 Å². The summed E-state index contributed by atoms with van der Waals surface area (Å²) in [5, 5.41) is 6.98. The lowest BCUT2D eigenvalue weighted by atomic mass is 10.1. The van der Waals surface area contributed by atoms with Crippen LogP contribution < -0.4 is 15.5 Å². The summed E-state index contributed by atoms with van der Waals surface area (Å²) in [6.07, 6.45) is 3.84. The average molecular weight is 512 g/mol. The van der Waals surface area contributed by atoms with Gasteiger partial charge in [-0.3, -0.25) is 14.5 Å². The Hall–Kier alpha value is -3.13. The molecule has 182 valence electrons. The van der Waals surface area contributed by atoms with Gasteiger partial charge in [-0.25, -0.2) is 4.98 Å². The summed E-state index contributed by atoms with van der Waals surface area (Å²) >= 11 is 12.1. The van der Waals surface area contributed by atoms with E-state index in [1.54, 1.807) is 42.3 Å². The zero-order valence-electron chi connectivity index (χ0n) is 19.4. The number of pyridine rings is 1. The first-order chi connectivity index (χ1) is 16.9. The van der Waals surface area contributed by atoms with E-state index in [2.05, 4.69) is 20.5 Å². The van der Waals surface area contributed by atoms with Gasteiger partial charge in [-0.1, -0.05) is 35.3 Å². The number of rotatable bonds is 8. The van der Waals surface area contributed by atoms with Crippen molar-refractivity contribution in [3.8, 4) is 0 Å². The van der Waals surface area contributed by atoms with Crippen molar-refractivity contribution in [3.05, 3.63) is 82.0 Å². The van der Waals surface area contributed by atoms with Crippen LogP contribution in [-0.4, -0.2) is 48.4 Å². The molecular weight excluding hydrogens is 485 g/mol. The summed E-state index contributed by atoms with van der Waals surface area (Å²) in [6.45, 7) is 2.92. The predicted molar refractivity (Wildman–Crippen MR) is 142 cm³/mol. The van der Waals surface area contributed by atoms with Crippen LogP contribution in [0.4, 0.5) is 17.2 Å². The van der Waals surface area contributed by atoms with Crippen molar-refractivity contribution in [2.75, 3.05) is 42.2 Å². The summed E-state index contributed by atoms with van der Waals surface area (Å²) in [5.41, 5.74) is 2.88. The highest BCUT2D eigenvalue weighted by Crippen LogP contribution is 2.24. The maximum absolute atomic E-state index is 12.9. The minimum Gasteiger partial charge on any atom is -0.380 e. The van der Waals surface area contributed by atoms with Gasteiger partial charge in [-0.05, 0) is 74.0 Å². The second-order valence-electron chi connectivity index (χ2n) is 8.46. The normalized spacial score (nSPS) is 13.5. The first kappa shape index (κ1) is 25.0. The molecule has 1 aromatic heterocycles. The first-order valence-corrected chi connectivity index (χ1v) is 12.2. The van der Waals surface area contributed by atoms with Gasteiger partial charge < -0.3 is 15.5 Å². The van der Waals surface area contributed by atoms with Crippen LogP contribution in [0.5, 0.6) is 0 Å². The molecule has 0 radical (unpaired) electrons. The molecule has 7 nitrogen and oxygen atoms in total. The molecule has 0 atom stereocenters. The van der Waals surface area contributed by atoms with E-state index in [1.807, 2.05) is 24.3 Å². The summed E-state index contributed by atoms with van der Waals surface area (Å²) in [7, 11) is 1.80. The lowest BCUT2D eigenvalue weighted by Gasteiger charge is -2.21. The van der Waals surface area contributed by atoms with Gasteiger partial charge in [0.25, 0.3) is 5.91 Å². The number of carbonyl (C=O) groups excluding carboxylic acids is 2. The second-order valence-corrected chi connectivity index (χ2v) is 9.33. The second kappa shape index (κ2) is 11.5. The van der Waals surface area contributed by atoms with Crippen molar-refractivity contribution in [1.82, 2.24) is 9.88 Å². The van der Waals surface area contributed by atoms with Crippen molar-refractivity contribution >= 4 is 52.2 Å². The van der Waals surface area contributed by atoms with Crippen molar-refractivity contribution in [1.29, 1.82) is 0 Å². The third kappa shape index (κ3) is 6.72. The summed E-state index contributed by atoms with van der Waals surface area (Å²) in [4.78, 5) is 33.5. The van der Waals surface area contributed by atoms with Crippen molar-refractivity contribution < 1.29 is 9.59 Å². The average Bonchev–Trinajstić information content (AvgIpc) is 3.36. The molecule has 2 heterocycles. The molecule has 2 aromatic carbocycles. The number of carbonyl (C=O) groups is 2. The Kier molecular flexibility index (Phi) is 8.23. The maximum atomic E-state index is 12.9. The van der Waals surface area contributed by atoms with Crippen molar-refractivity contribution in [2.24, 2.45) is 0 Å². The van der Waals surface area contributed by atoms with Gasteiger partial charge >= 0.3 is 0 Å². The number of halogens is 2. The smallest absolute Gasteiger partial charge is 0.258 e. The Bertz CT molecular complexity index is 1200. The zero-order chi connectivity index (χ0) is 24.8. The molecule has 2 amide bonds. The molecule has 1 aliphatic heterocycles. The fourth-order valence-corrected chi connectivity index (χ4v) is 4.26. The van der Waals surface area contributed by atoms with E-state index >= 15 is 0 Å². The molecule has 1 fully saturated rings. The summed E-state index contributed by atoms with van der Waals surface area (Å²) < 4.78 is 0. The van der Waals surface area contributed by atoms with Crippen LogP contribution in [0.2, 0.25) is 10.0 Å². The number of amides is 2. The Labute approximate surface area is 215 Å². The molecule has 3 aromatic rings. The van der Waals surface area contributed by atoms with Gasteiger partial charge in [0.2, 0.25) is 5.91 Å². The van der Waals surface area contributed by atoms with E-state index in [0.717, 1.165) is 37.2 Å². The maximum Gasteiger partial charge on any atom is 0.258 e. The van der Waals surface area contributed by atoms with Gasteiger partial charge in [-0.15, -0.1) is 0 Å². The largest absolute Gasteiger partial charge is 0.380 e. The molecule has 2 N–H and O–H groups in total. The number of anilines is 3. The number of likely N-dealkylation sites (tertiary alicyclic amines) is 1. The zero-order valence-corrected chi connectivity index (χ0v) is 20.9. The standard InChI is InChI=1S/C26H27Cl2N5O2/c1-32(25(34)17-33-12-2-3-13-33)21-7-4-18(5-8-21)16-30-23-9-6-19(27)14-22(23)26(35)31-24-15-20(28)10-11-29-24/h4-11,14-15,30H,2-3,12-13,16-17H2,1H3,(H,29,31,35). The monoisotopic (exact) mass is 511 g/mol. The Balaban J connectivity index is 1.39. The molecule has 1 saturated heterocycles. The number of nitrogens with one attached hydrogen (secondary N) is 2. The van der Waals surface area contributed by atoms with Gasteiger partial charge in [0.15, 0.2) is 0 Å². The third-order valence-corrected chi connectivity index (χ3v) is 6.40. The quantitative estimate of drug-likeness (QED) is 0.428. The summed E-state index contributed by atoms with van der Waals surface area (Å²) in [5.74, 6) is 0.0921. The van der Waals surface area contributed by atoms with Crippen LogP contribution in [0.15, 0.2) is 60.8 Å². The number of nitrogens with zero attached hydrogens (tertiary/aromatic N) is 3. The van der Waals surface area contributed by atoms with Crippen LogP contribution in [-0.2, 0) is 11.3 Å². The van der Waals surface area contributed by atoms with Gasteiger partial charge in [0.05, 0.1) is 12.1 Å². The molecule has 0 saturated carbocycles. The molecule has 4 rings (SSSR count). The molecule has 9 heteroatoms. The lowest BCUT2D eigenvalue weighted by molar-refractivity contribution is -0.119. The fourth-order valence-electron chi connectivity index (χ4n) is 3.93. The molecule has 0 spiro atoms. The first-order valence-electron chi connectivity index (χ1n) is 11.4. The highest BCUT2D eigenvalue weighted by Gasteiger charge is 2.18. The lowest BCUT2D eigenvalue weighted by Crippen LogP contribution is -2.37. The van der Waals surface area contributed by atoms with Gasteiger partial charge in [0, 0.05) is 41.2 Å². The molecular formula is C26H27Cl2N5O2. The van der Waals surface area contributed by atoms with E-state index in [9.17, 15) is 9.59 Å².